The van der Waals surface area contributed by atoms with Crippen LogP contribution in [0.3, 0.4) is 0 Å². The van der Waals surface area contributed by atoms with Gasteiger partial charge in [0, 0.05) is 6.04 Å². The van der Waals surface area contributed by atoms with Crippen LogP contribution in [0.4, 0.5) is 11.8 Å². The van der Waals surface area contributed by atoms with Gasteiger partial charge < -0.3 is 11.1 Å². The Balaban J connectivity index is 1.97. The number of nitrogens with zero attached hydrogens (tertiary/aromatic N) is 2. The van der Waals surface area contributed by atoms with Gasteiger partial charge in [-0.3, -0.25) is 0 Å². The van der Waals surface area contributed by atoms with Crippen LogP contribution in [0.25, 0.3) is 10.2 Å². The van der Waals surface area contributed by atoms with Crippen LogP contribution in [0.1, 0.15) is 19.8 Å². The molecule has 2 aromatic rings. The van der Waals surface area contributed by atoms with Crippen LogP contribution in [-0.4, -0.2) is 16.0 Å². The van der Waals surface area contributed by atoms with E-state index in [0.29, 0.717) is 12.0 Å². The standard InChI is InChI=1S/C11H14N4S/c1-6(7-2-3-7)13-9-8-4-5-16-10(8)15-11(12)14-9/h4-7H,2-3H2,1H3,(H3,12,13,14,15). The Kier molecular flexibility index (Phi) is 2.21. The number of aromatic nitrogens is 2. The molecule has 1 atom stereocenters. The van der Waals surface area contributed by atoms with Crippen molar-refractivity contribution in [1.29, 1.82) is 0 Å². The summed E-state index contributed by atoms with van der Waals surface area (Å²) >= 11 is 1.60. The molecule has 0 spiro atoms. The first-order valence-corrected chi connectivity index (χ1v) is 6.39. The molecule has 3 N–H and O–H groups in total. The van der Waals surface area contributed by atoms with Gasteiger partial charge in [0.1, 0.15) is 10.6 Å². The number of anilines is 2. The van der Waals surface area contributed by atoms with Crippen molar-refractivity contribution in [3.8, 4) is 0 Å². The zero-order chi connectivity index (χ0) is 11.1. The fourth-order valence-corrected chi connectivity index (χ4v) is 2.68. The second-order valence-corrected chi connectivity index (χ2v) is 5.23. The molecule has 1 fully saturated rings. The molecule has 1 unspecified atom stereocenters. The molecule has 0 saturated heterocycles. The Morgan fingerprint density at radius 2 is 2.31 bits per heavy atom. The summed E-state index contributed by atoms with van der Waals surface area (Å²) in [5.41, 5.74) is 5.70. The van der Waals surface area contributed by atoms with E-state index in [9.17, 15) is 0 Å². The van der Waals surface area contributed by atoms with E-state index in [4.69, 9.17) is 5.73 Å². The van der Waals surface area contributed by atoms with Gasteiger partial charge in [-0.15, -0.1) is 11.3 Å². The minimum absolute atomic E-state index is 0.348. The predicted molar refractivity (Wildman–Crippen MR) is 67.6 cm³/mol. The first kappa shape index (κ1) is 9.84. The lowest BCUT2D eigenvalue weighted by atomic mass is 10.2. The summed E-state index contributed by atoms with van der Waals surface area (Å²) in [6, 6.07) is 2.51. The summed E-state index contributed by atoms with van der Waals surface area (Å²) in [7, 11) is 0. The molecule has 3 rings (SSSR count). The van der Waals surface area contributed by atoms with E-state index in [-0.39, 0.29) is 0 Å². The number of thiophene rings is 1. The van der Waals surface area contributed by atoms with E-state index in [0.717, 1.165) is 22.0 Å². The molecule has 16 heavy (non-hydrogen) atoms. The molecule has 2 heterocycles. The third kappa shape index (κ3) is 1.71. The molecule has 1 aliphatic carbocycles. The number of nitrogens with two attached hydrogens (primary N) is 1. The van der Waals surface area contributed by atoms with Crippen LogP contribution in [0.2, 0.25) is 0 Å². The molecule has 5 heteroatoms. The number of hydrogen-bond donors (Lipinski definition) is 2. The molecule has 0 amide bonds. The molecule has 0 bridgehead atoms. The van der Waals surface area contributed by atoms with Gasteiger partial charge in [-0.25, -0.2) is 4.98 Å². The van der Waals surface area contributed by atoms with Crippen molar-refractivity contribution < 1.29 is 0 Å². The first-order valence-electron chi connectivity index (χ1n) is 5.51. The van der Waals surface area contributed by atoms with Crippen molar-refractivity contribution in [2.75, 3.05) is 11.1 Å². The number of nitrogens with one attached hydrogen (secondary N) is 1. The van der Waals surface area contributed by atoms with Gasteiger partial charge in [0.25, 0.3) is 0 Å². The topological polar surface area (TPSA) is 63.8 Å². The molecule has 0 aromatic carbocycles. The van der Waals surface area contributed by atoms with Crippen LogP contribution in [-0.2, 0) is 0 Å². The minimum atomic E-state index is 0.348. The van der Waals surface area contributed by atoms with Crippen LogP contribution in [0, 0.1) is 5.92 Å². The summed E-state index contributed by atoms with van der Waals surface area (Å²) in [6.07, 6.45) is 2.64. The lowest BCUT2D eigenvalue weighted by Crippen LogP contribution is -2.18. The van der Waals surface area contributed by atoms with E-state index in [1.165, 1.54) is 12.8 Å². The van der Waals surface area contributed by atoms with Crippen molar-refractivity contribution >= 4 is 33.3 Å². The molecule has 0 aliphatic heterocycles. The number of nitrogen functional groups attached to an aromatic ring is 1. The van der Waals surface area contributed by atoms with Crippen molar-refractivity contribution in [3.63, 3.8) is 0 Å². The second-order valence-electron chi connectivity index (χ2n) is 4.34. The van der Waals surface area contributed by atoms with E-state index in [1.807, 2.05) is 11.4 Å². The van der Waals surface area contributed by atoms with Crippen molar-refractivity contribution in [2.24, 2.45) is 5.92 Å². The number of rotatable bonds is 3. The lowest BCUT2D eigenvalue weighted by molar-refractivity contribution is 0.692. The molecule has 4 nitrogen and oxygen atoms in total. The smallest absolute Gasteiger partial charge is 0.223 e. The van der Waals surface area contributed by atoms with Gasteiger partial charge in [0.15, 0.2) is 0 Å². The van der Waals surface area contributed by atoms with Gasteiger partial charge in [-0.2, -0.15) is 4.98 Å². The van der Waals surface area contributed by atoms with E-state index in [1.54, 1.807) is 11.3 Å². The van der Waals surface area contributed by atoms with Gasteiger partial charge in [-0.1, -0.05) is 0 Å². The fraction of sp³-hybridized carbons (Fsp3) is 0.455. The predicted octanol–water partition coefficient (Wildman–Crippen LogP) is 2.48. The van der Waals surface area contributed by atoms with Gasteiger partial charge in [-0.05, 0) is 37.1 Å². The molecule has 1 saturated carbocycles. The zero-order valence-electron chi connectivity index (χ0n) is 9.10. The quantitative estimate of drug-likeness (QED) is 0.856. The Morgan fingerprint density at radius 3 is 3.06 bits per heavy atom. The molecular weight excluding hydrogens is 220 g/mol. The highest BCUT2D eigenvalue weighted by molar-refractivity contribution is 7.16. The maximum Gasteiger partial charge on any atom is 0.223 e. The van der Waals surface area contributed by atoms with E-state index < -0.39 is 0 Å². The third-order valence-corrected chi connectivity index (χ3v) is 3.84. The van der Waals surface area contributed by atoms with Crippen LogP contribution in [0.5, 0.6) is 0 Å². The van der Waals surface area contributed by atoms with Crippen molar-refractivity contribution in [3.05, 3.63) is 11.4 Å². The maximum absolute atomic E-state index is 5.70. The second kappa shape index (κ2) is 3.59. The summed E-state index contributed by atoms with van der Waals surface area (Å²) in [5, 5.41) is 6.54. The molecular formula is C11H14N4S. The van der Waals surface area contributed by atoms with Gasteiger partial charge >= 0.3 is 0 Å². The summed E-state index contributed by atoms with van der Waals surface area (Å²) in [5.74, 6) is 2.02. The van der Waals surface area contributed by atoms with Crippen molar-refractivity contribution in [2.45, 2.75) is 25.8 Å². The van der Waals surface area contributed by atoms with Gasteiger partial charge in [0.05, 0.1) is 5.39 Å². The molecule has 84 valence electrons. The normalized spacial score (nSPS) is 17.6. The van der Waals surface area contributed by atoms with Crippen LogP contribution < -0.4 is 11.1 Å². The van der Waals surface area contributed by atoms with E-state index in [2.05, 4.69) is 22.2 Å². The average Bonchev–Trinajstić information content (AvgIpc) is 2.98. The Bertz CT molecular complexity index is 518. The average molecular weight is 234 g/mol. The molecule has 0 radical (unpaired) electrons. The maximum atomic E-state index is 5.70. The van der Waals surface area contributed by atoms with E-state index >= 15 is 0 Å². The Hall–Kier alpha value is -1.36. The van der Waals surface area contributed by atoms with Crippen LogP contribution >= 0.6 is 11.3 Å². The SMILES string of the molecule is CC(Nc1nc(N)nc2sccc12)C1CC1. The summed E-state index contributed by atoms with van der Waals surface area (Å²) in [4.78, 5) is 9.45. The van der Waals surface area contributed by atoms with Gasteiger partial charge in [0.2, 0.25) is 5.95 Å². The third-order valence-electron chi connectivity index (χ3n) is 3.04. The molecule has 2 aromatic heterocycles. The minimum Gasteiger partial charge on any atom is -0.368 e. The molecule has 1 aliphatic rings. The Labute approximate surface area is 97.9 Å². The number of hydrogen-bond acceptors (Lipinski definition) is 5. The van der Waals surface area contributed by atoms with Crippen molar-refractivity contribution in [1.82, 2.24) is 9.97 Å². The highest BCUT2D eigenvalue weighted by atomic mass is 32.1. The van der Waals surface area contributed by atoms with Crippen LogP contribution in [0.15, 0.2) is 11.4 Å². The lowest BCUT2D eigenvalue weighted by Gasteiger charge is -2.14. The first-order chi connectivity index (χ1) is 7.74. The Morgan fingerprint density at radius 1 is 1.50 bits per heavy atom. The summed E-state index contributed by atoms with van der Waals surface area (Å²) in [6.45, 7) is 2.20. The summed E-state index contributed by atoms with van der Waals surface area (Å²) < 4.78 is 0. The highest BCUT2D eigenvalue weighted by Gasteiger charge is 2.28. The number of fused-ring (bicyclic) bond motifs is 1. The largest absolute Gasteiger partial charge is 0.368 e. The fourth-order valence-electron chi connectivity index (χ4n) is 1.91. The monoisotopic (exact) mass is 234 g/mol. The zero-order valence-corrected chi connectivity index (χ0v) is 9.92. The highest BCUT2D eigenvalue weighted by Crippen LogP contribution is 2.35.